The van der Waals surface area contributed by atoms with E-state index >= 15 is 0 Å². The zero-order valence-corrected chi connectivity index (χ0v) is 12.2. The number of carbonyl (C=O) groups excluding carboxylic acids is 1. The van der Waals surface area contributed by atoms with Gasteiger partial charge in [-0.1, -0.05) is 6.07 Å². The summed E-state index contributed by atoms with van der Waals surface area (Å²) in [4.78, 5) is 17.6. The highest BCUT2D eigenvalue weighted by Crippen LogP contribution is 2.27. The van der Waals surface area contributed by atoms with E-state index in [1.807, 2.05) is 30.5 Å². The standard InChI is InChI=1S/C17H12FNOS/c1-11-2-7-15(19-9-11)16-8-13(10-21-16)17(20)12-3-5-14(18)6-4-12/h2-10H,1H3. The largest absolute Gasteiger partial charge is 0.289 e. The van der Waals surface area contributed by atoms with Crippen molar-refractivity contribution < 1.29 is 9.18 Å². The van der Waals surface area contributed by atoms with Crippen molar-refractivity contribution in [3.8, 4) is 10.6 Å². The maximum atomic E-state index is 12.9. The van der Waals surface area contributed by atoms with Crippen LogP contribution in [0.25, 0.3) is 10.6 Å². The zero-order valence-electron chi connectivity index (χ0n) is 11.3. The molecule has 3 aromatic rings. The summed E-state index contributed by atoms with van der Waals surface area (Å²) in [5.74, 6) is -0.453. The van der Waals surface area contributed by atoms with Gasteiger partial charge in [0.2, 0.25) is 0 Å². The number of pyridine rings is 1. The van der Waals surface area contributed by atoms with Gasteiger partial charge in [-0.25, -0.2) is 4.39 Å². The van der Waals surface area contributed by atoms with Gasteiger partial charge in [0, 0.05) is 22.7 Å². The first-order valence-electron chi connectivity index (χ1n) is 6.45. The lowest BCUT2D eigenvalue weighted by Gasteiger charge is -1.98. The van der Waals surface area contributed by atoms with Gasteiger partial charge < -0.3 is 0 Å². The van der Waals surface area contributed by atoms with Gasteiger partial charge in [-0.05, 0) is 48.9 Å². The number of ketones is 1. The van der Waals surface area contributed by atoms with E-state index < -0.39 is 0 Å². The van der Waals surface area contributed by atoms with Gasteiger partial charge in [-0.15, -0.1) is 11.3 Å². The smallest absolute Gasteiger partial charge is 0.193 e. The Labute approximate surface area is 125 Å². The van der Waals surface area contributed by atoms with Crippen LogP contribution >= 0.6 is 11.3 Å². The molecule has 104 valence electrons. The lowest BCUT2D eigenvalue weighted by atomic mass is 10.1. The SMILES string of the molecule is Cc1ccc(-c2cc(C(=O)c3ccc(F)cc3)cs2)nc1. The average molecular weight is 297 g/mol. The van der Waals surface area contributed by atoms with Gasteiger partial charge in [-0.3, -0.25) is 9.78 Å². The Morgan fingerprint density at radius 3 is 2.52 bits per heavy atom. The van der Waals surface area contributed by atoms with Crippen molar-refractivity contribution in [3.05, 3.63) is 76.5 Å². The highest BCUT2D eigenvalue weighted by Gasteiger charge is 2.12. The Bertz CT molecular complexity index is 775. The first kappa shape index (κ1) is 13.6. The van der Waals surface area contributed by atoms with E-state index in [-0.39, 0.29) is 11.6 Å². The fourth-order valence-electron chi connectivity index (χ4n) is 1.97. The average Bonchev–Trinajstić information content (AvgIpc) is 2.98. The van der Waals surface area contributed by atoms with Gasteiger partial charge in [0.05, 0.1) is 10.6 Å². The second-order valence-electron chi connectivity index (χ2n) is 4.76. The minimum Gasteiger partial charge on any atom is -0.289 e. The lowest BCUT2D eigenvalue weighted by Crippen LogP contribution is -1.99. The van der Waals surface area contributed by atoms with Crippen LogP contribution in [0.2, 0.25) is 0 Å². The van der Waals surface area contributed by atoms with Crippen LogP contribution in [0.4, 0.5) is 4.39 Å². The number of benzene rings is 1. The van der Waals surface area contributed by atoms with Crippen molar-refractivity contribution in [1.29, 1.82) is 0 Å². The van der Waals surface area contributed by atoms with Gasteiger partial charge in [-0.2, -0.15) is 0 Å². The summed E-state index contributed by atoms with van der Waals surface area (Å²) in [7, 11) is 0. The number of thiophene rings is 1. The highest BCUT2D eigenvalue weighted by atomic mass is 32.1. The van der Waals surface area contributed by atoms with E-state index in [0.717, 1.165) is 16.1 Å². The van der Waals surface area contributed by atoms with Gasteiger partial charge >= 0.3 is 0 Å². The summed E-state index contributed by atoms with van der Waals surface area (Å²) in [5, 5.41) is 1.81. The molecule has 0 unspecified atom stereocenters. The topological polar surface area (TPSA) is 30.0 Å². The van der Waals surface area contributed by atoms with Crippen LogP contribution in [0.15, 0.2) is 54.0 Å². The number of aryl methyl sites for hydroxylation is 1. The zero-order chi connectivity index (χ0) is 14.8. The quantitative estimate of drug-likeness (QED) is 0.667. The van der Waals surface area contributed by atoms with Crippen LogP contribution < -0.4 is 0 Å². The van der Waals surface area contributed by atoms with E-state index in [2.05, 4.69) is 4.98 Å². The third kappa shape index (κ3) is 2.90. The molecule has 0 bridgehead atoms. The Kier molecular flexibility index (Phi) is 3.62. The molecule has 0 saturated heterocycles. The molecule has 1 aromatic carbocycles. The molecule has 2 heterocycles. The predicted molar refractivity (Wildman–Crippen MR) is 82.1 cm³/mol. The van der Waals surface area contributed by atoms with Crippen LogP contribution in [-0.2, 0) is 0 Å². The lowest BCUT2D eigenvalue weighted by molar-refractivity contribution is 0.103. The van der Waals surface area contributed by atoms with Crippen molar-refractivity contribution in [3.63, 3.8) is 0 Å². The maximum absolute atomic E-state index is 12.9. The monoisotopic (exact) mass is 297 g/mol. The van der Waals surface area contributed by atoms with Crippen molar-refractivity contribution in [2.24, 2.45) is 0 Å². The van der Waals surface area contributed by atoms with Crippen molar-refractivity contribution in [1.82, 2.24) is 4.98 Å². The summed E-state index contributed by atoms with van der Waals surface area (Å²) < 4.78 is 12.9. The Hall–Kier alpha value is -2.33. The molecule has 0 spiro atoms. The van der Waals surface area contributed by atoms with E-state index in [0.29, 0.717) is 11.1 Å². The molecule has 4 heteroatoms. The highest BCUT2D eigenvalue weighted by molar-refractivity contribution is 7.13. The molecule has 0 radical (unpaired) electrons. The number of rotatable bonds is 3. The molecule has 0 aliphatic heterocycles. The van der Waals surface area contributed by atoms with Gasteiger partial charge in [0.15, 0.2) is 5.78 Å². The summed E-state index contributed by atoms with van der Waals surface area (Å²) in [6.45, 7) is 1.98. The summed E-state index contributed by atoms with van der Waals surface area (Å²) in [6.07, 6.45) is 1.80. The molecule has 0 saturated carbocycles. The van der Waals surface area contributed by atoms with Crippen molar-refractivity contribution in [2.75, 3.05) is 0 Å². The van der Waals surface area contributed by atoms with Crippen molar-refractivity contribution in [2.45, 2.75) is 6.92 Å². The number of hydrogen-bond donors (Lipinski definition) is 0. The second kappa shape index (κ2) is 5.58. The fourth-order valence-corrected chi connectivity index (χ4v) is 2.84. The predicted octanol–water partition coefficient (Wildman–Crippen LogP) is 4.49. The Balaban J connectivity index is 1.89. The first-order chi connectivity index (χ1) is 10.1. The molecule has 21 heavy (non-hydrogen) atoms. The normalized spacial score (nSPS) is 10.6. The third-order valence-corrected chi connectivity index (χ3v) is 4.08. The number of hydrogen-bond acceptors (Lipinski definition) is 3. The summed E-state index contributed by atoms with van der Waals surface area (Å²) >= 11 is 1.48. The minimum atomic E-state index is -0.346. The summed E-state index contributed by atoms with van der Waals surface area (Å²) in [6, 6.07) is 11.3. The molecule has 0 aliphatic carbocycles. The molecule has 0 N–H and O–H groups in total. The number of carbonyl (C=O) groups is 1. The molecular weight excluding hydrogens is 285 g/mol. The maximum Gasteiger partial charge on any atom is 0.193 e. The molecule has 3 rings (SSSR count). The van der Waals surface area contributed by atoms with E-state index in [1.165, 1.54) is 35.6 Å². The molecular formula is C17H12FNOS. The van der Waals surface area contributed by atoms with Gasteiger partial charge in [0.1, 0.15) is 5.82 Å². The van der Waals surface area contributed by atoms with Crippen molar-refractivity contribution >= 4 is 17.1 Å². The van der Waals surface area contributed by atoms with E-state index in [4.69, 9.17) is 0 Å². The molecule has 2 nitrogen and oxygen atoms in total. The van der Waals surface area contributed by atoms with Crippen LogP contribution in [0, 0.1) is 12.7 Å². The van der Waals surface area contributed by atoms with E-state index in [1.54, 1.807) is 6.20 Å². The molecule has 0 aliphatic rings. The molecule has 0 amide bonds. The fraction of sp³-hybridized carbons (Fsp3) is 0.0588. The summed E-state index contributed by atoms with van der Waals surface area (Å²) in [5.41, 5.74) is 3.03. The van der Waals surface area contributed by atoms with Crippen LogP contribution in [0.5, 0.6) is 0 Å². The van der Waals surface area contributed by atoms with Crippen LogP contribution in [0.3, 0.4) is 0 Å². The molecule has 0 fully saturated rings. The minimum absolute atomic E-state index is 0.107. The Morgan fingerprint density at radius 1 is 1.10 bits per heavy atom. The molecule has 2 aromatic heterocycles. The third-order valence-electron chi connectivity index (χ3n) is 3.13. The second-order valence-corrected chi connectivity index (χ2v) is 5.67. The molecule has 0 atom stereocenters. The number of aromatic nitrogens is 1. The number of nitrogens with zero attached hydrogens (tertiary/aromatic N) is 1. The van der Waals surface area contributed by atoms with Crippen LogP contribution in [-0.4, -0.2) is 10.8 Å². The number of halogens is 1. The Morgan fingerprint density at radius 2 is 1.86 bits per heavy atom. The van der Waals surface area contributed by atoms with Gasteiger partial charge in [0.25, 0.3) is 0 Å². The first-order valence-corrected chi connectivity index (χ1v) is 7.33. The van der Waals surface area contributed by atoms with E-state index in [9.17, 15) is 9.18 Å². The van der Waals surface area contributed by atoms with Crippen LogP contribution in [0.1, 0.15) is 21.5 Å².